The van der Waals surface area contributed by atoms with Crippen LogP contribution in [-0.2, 0) is 6.54 Å². The van der Waals surface area contributed by atoms with E-state index < -0.39 is 0 Å². The quantitative estimate of drug-likeness (QED) is 0.608. The molecule has 0 saturated heterocycles. The third kappa shape index (κ3) is 3.71. The summed E-state index contributed by atoms with van der Waals surface area (Å²) in [6.07, 6.45) is 0. The van der Waals surface area contributed by atoms with Crippen LogP contribution in [0.4, 0.5) is 0 Å². The number of rotatable bonds is 3. The van der Waals surface area contributed by atoms with E-state index in [9.17, 15) is 0 Å². The van der Waals surface area contributed by atoms with Gasteiger partial charge in [0, 0.05) is 0 Å². The average Bonchev–Trinajstić information content (AvgIpc) is 2.38. The van der Waals surface area contributed by atoms with Crippen LogP contribution in [0, 0.1) is 0 Å². The van der Waals surface area contributed by atoms with E-state index in [4.69, 9.17) is 11.6 Å². The molecule has 0 spiro atoms. The Morgan fingerprint density at radius 2 is 1.65 bits per heavy atom. The summed E-state index contributed by atoms with van der Waals surface area (Å²) in [4.78, 5) is 4.51. The van der Waals surface area contributed by atoms with E-state index in [0.717, 1.165) is 15.2 Å². The van der Waals surface area contributed by atoms with Gasteiger partial charge in [-0.25, -0.2) is 0 Å². The number of nitrogens with zero attached hydrogens (tertiary/aromatic N) is 1. The Balaban J connectivity index is 2.10. The van der Waals surface area contributed by atoms with Crippen LogP contribution in [-0.4, -0.2) is 20.6 Å². The Hall–Kier alpha value is -1.08. The standard InChI is InChI=1S/C14H11ClNSe/c15-13-8-6-12(7-9-13)14(17)16-10-11-4-2-1-3-5-11/h1-9H,10H2. The van der Waals surface area contributed by atoms with Gasteiger partial charge in [0.15, 0.2) is 0 Å². The van der Waals surface area contributed by atoms with E-state index >= 15 is 0 Å². The minimum absolute atomic E-state index is 0.686. The molecule has 0 bridgehead atoms. The Morgan fingerprint density at radius 1 is 1.00 bits per heavy atom. The first kappa shape index (κ1) is 12.4. The van der Waals surface area contributed by atoms with Crippen molar-refractivity contribution in [2.45, 2.75) is 6.54 Å². The molecular weight excluding hydrogens is 297 g/mol. The SMILES string of the molecule is Clc1ccc(C([Se])=NCc2ccccc2)cc1. The van der Waals surface area contributed by atoms with Crippen LogP contribution < -0.4 is 0 Å². The fraction of sp³-hybridized carbons (Fsp3) is 0.0714. The van der Waals surface area contributed by atoms with Gasteiger partial charge >= 0.3 is 115 Å². The first-order chi connectivity index (χ1) is 8.25. The monoisotopic (exact) mass is 308 g/mol. The first-order valence-electron chi connectivity index (χ1n) is 5.27. The second-order valence-corrected chi connectivity index (χ2v) is 4.86. The van der Waals surface area contributed by atoms with Gasteiger partial charge in [-0.1, -0.05) is 0 Å². The van der Waals surface area contributed by atoms with Gasteiger partial charge in [-0.2, -0.15) is 0 Å². The Labute approximate surface area is 114 Å². The average molecular weight is 308 g/mol. The summed E-state index contributed by atoms with van der Waals surface area (Å²) in [6.45, 7) is 0.686. The molecule has 0 aliphatic heterocycles. The molecule has 1 radical (unpaired) electrons. The van der Waals surface area contributed by atoms with Crippen LogP contribution in [0.3, 0.4) is 0 Å². The number of hydrogen-bond acceptors (Lipinski definition) is 1. The second-order valence-electron chi connectivity index (χ2n) is 3.61. The summed E-state index contributed by atoms with van der Waals surface area (Å²) in [5.74, 6) is 0. The number of aliphatic imine (C=N–C) groups is 1. The summed E-state index contributed by atoms with van der Waals surface area (Å²) in [6, 6.07) is 17.8. The van der Waals surface area contributed by atoms with E-state index in [1.54, 1.807) is 0 Å². The van der Waals surface area contributed by atoms with E-state index in [1.165, 1.54) is 5.56 Å². The zero-order valence-corrected chi connectivity index (χ0v) is 11.6. The zero-order chi connectivity index (χ0) is 12.1. The first-order valence-corrected chi connectivity index (χ1v) is 6.50. The van der Waals surface area contributed by atoms with Crippen molar-refractivity contribution in [1.29, 1.82) is 0 Å². The van der Waals surface area contributed by atoms with Crippen molar-refractivity contribution in [2.24, 2.45) is 4.99 Å². The summed E-state index contributed by atoms with van der Waals surface area (Å²) in [5.41, 5.74) is 2.26. The molecule has 0 fully saturated rings. The molecule has 0 unspecified atom stereocenters. The van der Waals surface area contributed by atoms with E-state index in [1.807, 2.05) is 42.5 Å². The van der Waals surface area contributed by atoms with Crippen LogP contribution >= 0.6 is 11.6 Å². The molecule has 85 valence electrons. The summed E-state index contributed by atoms with van der Waals surface area (Å²) in [5, 5.41) is 0.740. The predicted octanol–water partition coefficient (Wildman–Crippen LogP) is 3.46. The summed E-state index contributed by atoms with van der Waals surface area (Å²) in [7, 11) is 0. The van der Waals surface area contributed by atoms with Crippen LogP contribution in [0.1, 0.15) is 11.1 Å². The molecule has 0 N–H and O–H groups in total. The van der Waals surface area contributed by atoms with Crippen LogP contribution in [0.2, 0.25) is 5.02 Å². The normalized spacial score (nSPS) is 11.5. The van der Waals surface area contributed by atoms with Crippen molar-refractivity contribution < 1.29 is 0 Å². The zero-order valence-electron chi connectivity index (χ0n) is 9.14. The molecule has 0 aliphatic rings. The van der Waals surface area contributed by atoms with Crippen LogP contribution in [0.5, 0.6) is 0 Å². The fourth-order valence-corrected chi connectivity index (χ4v) is 1.98. The predicted molar refractivity (Wildman–Crippen MR) is 73.9 cm³/mol. The van der Waals surface area contributed by atoms with Gasteiger partial charge in [0.1, 0.15) is 0 Å². The molecule has 0 amide bonds. The topological polar surface area (TPSA) is 12.4 Å². The Bertz CT molecular complexity index is 506. The maximum atomic E-state index is 5.84. The third-order valence-corrected chi connectivity index (χ3v) is 3.36. The minimum atomic E-state index is 0.686. The third-order valence-electron chi connectivity index (χ3n) is 2.34. The van der Waals surface area contributed by atoms with Crippen molar-refractivity contribution in [3.05, 3.63) is 70.7 Å². The van der Waals surface area contributed by atoms with Crippen molar-refractivity contribution in [1.82, 2.24) is 0 Å². The Morgan fingerprint density at radius 3 is 2.29 bits per heavy atom. The van der Waals surface area contributed by atoms with Gasteiger partial charge in [-0.15, -0.1) is 0 Å². The molecular formula is C14H11ClNSe. The van der Waals surface area contributed by atoms with Crippen molar-refractivity contribution in [2.75, 3.05) is 0 Å². The van der Waals surface area contributed by atoms with E-state index in [-0.39, 0.29) is 0 Å². The molecule has 2 aromatic carbocycles. The van der Waals surface area contributed by atoms with Crippen LogP contribution in [0.15, 0.2) is 59.6 Å². The molecule has 0 atom stereocenters. The molecule has 2 aromatic rings. The molecule has 0 aromatic heterocycles. The molecule has 0 heterocycles. The van der Waals surface area contributed by atoms with Gasteiger partial charge in [-0.05, 0) is 0 Å². The molecule has 17 heavy (non-hydrogen) atoms. The number of halogens is 1. The van der Waals surface area contributed by atoms with E-state index in [0.29, 0.717) is 6.54 Å². The molecule has 3 heteroatoms. The maximum absolute atomic E-state index is 5.84. The van der Waals surface area contributed by atoms with Gasteiger partial charge in [0.2, 0.25) is 0 Å². The van der Waals surface area contributed by atoms with Crippen molar-refractivity contribution in [3.8, 4) is 0 Å². The summed E-state index contributed by atoms with van der Waals surface area (Å²) < 4.78 is 0.908. The molecule has 0 saturated carbocycles. The molecule has 1 nitrogen and oxygen atoms in total. The second kappa shape index (κ2) is 6.02. The van der Waals surface area contributed by atoms with Crippen molar-refractivity contribution in [3.63, 3.8) is 0 Å². The molecule has 0 aliphatic carbocycles. The summed E-state index contributed by atoms with van der Waals surface area (Å²) >= 11 is 8.83. The van der Waals surface area contributed by atoms with E-state index in [2.05, 4.69) is 33.1 Å². The van der Waals surface area contributed by atoms with Crippen LogP contribution in [0.25, 0.3) is 0 Å². The number of hydrogen-bond donors (Lipinski definition) is 0. The van der Waals surface area contributed by atoms with Gasteiger partial charge in [0.25, 0.3) is 0 Å². The van der Waals surface area contributed by atoms with Gasteiger partial charge in [0.05, 0.1) is 0 Å². The number of benzene rings is 2. The Kier molecular flexibility index (Phi) is 4.38. The van der Waals surface area contributed by atoms with Gasteiger partial charge in [-0.3, -0.25) is 0 Å². The van der Waals surface area contributed by atoms with Crippen molar-refractivity contribution >= 4 is 32.2 Å². The molecule has 2 rings (SSSR count). The van der Waals surface area contributed by atoms with Gasteiger partial charge < -0.3 is 0 Å². The fourth-order valence-electron chi connectivity index (χ4n) is 1.43.